The lowest BCUT2D eigenvalue weighted by atomic mass is 10.0. The highest BCUT2D eigenvalue weighted by Gasteiger charge is 2.21. The van der Waals surface area contributed by atoms with E-state index >= 15 is 0 Å². The molecule has 158 valence electrons. The minimum absolute atomic E-state index is 0.175. The van der Waals surface area contributed by atoms with Gasteiger partial charge in [0.25, 0.3) is 10.1 Å². The molecule has 0 radical (unpaired) electrons. The second kappa shape index (κ2) is 17.0. The molecule has 0 aromatic heterocycles. The van der Waals surface area contributed by atoms with Crippen LogP contribution in [-0.4, -0.2) is 29.4 Å². The van der Waals surface area contributed by atoms with Crippen molar-refractivity contribution in [2.75, 3.05) is 0 Å². The Hall–Kier alpha value is -0.130. The van der Waals surface area contributed by atoms with Crippen LogP contribution in [0.5, 0.6) is 0 Å². The molecule has 0 saturated heterocycles. The van der Waals surface area contributed by atoms with Crippen molar-refractivity contribution in [3.05, 3.63) is 0 Å². The molecule has 5 heteroatoms. The minimum atomic E-state index is -3.91. The van der Waals surface area contributed by atoms with E-state index in [1.165, 1.54) is 38.5 Å². The van der Waals surface area contributed by atoms with Crippen LogP contribution in [0.15, 0.2) is 0 Å². The van der Waals surface area contributed by atoms with Crippen molar-refractivity contribution in [1.82, 2.24) is 0 Å². The first-order valence-electron chi connectivity index (χ1n) is 11.1. The van der Waals surface area contributed by atoms with E-state index in [4.69, 9.17) is 0 Å². The summed E-state index contributed by atoms with van der Waals surface area (Å²) in [4.78, 5) is 0. The van der Waals surface area contributed by atoms with Gasteiger partial charge >= 0.3 is 0 Å². The Bertz CT molecular complexity index is 395. The van der Waals surface area contributed by atoms with Crippen LogP contribution in [0.4, 0.5) is 0 Å². The average Bonchev–Trinajstić information content (AvgIpc) is 2.59. The number of hydrogen-bond acceptors (Lipinski definition) is 3. The van der Waals surface area contributed by atoms with Gasteiger partial charge in [0.2, 0.25) is 0 Å². The Kier molecular flexibility index (Phi) is 16.9. The number of aliphatic hydroxyl groups is 1. The van der Waals surface area contributed by atoms with Crippen LogP contribution in [0, 0.1) is 0 Å². The molecule has 0 aliphatic heterocycles. The van der Waals surface area contributed by atoms with Crippen LogP contribution in [-0.2, 0) is 10.1 Å². The highest BCUT2D eigenvalue weighted by Crippen LogP contribution is 2.19. The number of unbranched alkanes of at least 4 members (excludes halogenated alkanes) is 11. The zero-order valence-corrected chi connectivity index (χ0v) is 18.1. The summed E-state index contributed by atoms with van der Waals surface area (Å²) < 4.78 is 32.6. The van der Waals surface area contributed by atoms with E-state index in [9.17, 15) is 18.1 Å². The van der Waals surface area contributed by atoms with Crippen LogP contribution in [0.2, 0.25) is 0 Å². The van der Waals surface area contributed by atoms with E-state index in [1.54, 1.807) is 0 Å². The first-order chi connectivity index (χ1) is 12.4. The fourth-order valence-corrected chi connectivity index (χ4v) is 4.36. The largest absolute Gasteiger partial charge is 0.393 e. The average molecular weight is 393 g/mol. The van der Waals surface area contributed by atoms with Gasteiger partial charge in [-0.15, -0.1) is 0 Å². The molecule has 26 heavy (non-hydrogen) atoms. The molecule has 0 amide bonds. The van der Waals surface area contributed by atoms with E-state index < -0.39 is 15.4 Å². The maximum Gasteiger partial charge on any atom is 0.267 e. The summed E-state index contributed by atoms with van der Waals surface area (Å²) in [5.74, 6) is 0. The van der Waals surface area contributed by atoms with Crippen molar-refractivity contribution in [3.63, 3.8) is 0 Å². The number of hydrogen-bond donors (Lipinski definition) is 2. The van der Waals surface area contributed by atoms with Gasteiger partial charge < -0.3 is 5.11 Å². The van der Waals surface area contributed by atoms with Crippen molar-refractivity contribution in [2.45, 2.75) is 134 Å². The molecule has 0 spiro atoms. The van der Waals surface area contributed by atoms with Crippen molar-refractivity contribution in [2.24, 2.45) is 0 Å². The third kappa shape index (κ3) is 16.1. The summed E-state index contributed by atoms with van der Waals surface area (Å²) in [5, 5.41) is 8.92. The normalized spacial score (nSPS) is 14.5. The monoisotopic (exact) mass is 392 g/mol. The Morgan fingerprint density at radius 1 is 0.654 bits per heavy atom. The van der Waals surface area contributed by atoms with Gasteiger partial charge in [0.15, 0.2) is 0 Å². The van der Waals surface area contributed by atoms with Crippen LogP contribution < -0.4 is 0 Å². The Morgan fingerprint density at radius 3 is 1.42 bits per heavy atom. The van der Waals surface area contributed by atoms with Crippen molar-refractivity contribution in [1.29, 1.82) is 0 Å². The van der Waals surface area contributed by atoms with Crippen LogP contribution in [0.3, 0.4) is 0 Å². The molecule has 0 rings (SSSR count). The fourth-order valence-electron chi connectivity index (χ4n) is 3.43. The van der Waals surface area contributed by atoms with E-state index in [2.05, 4.69) is 6.92 Å². The molecular formula is C21H44O4S. The molecule has 0 aromatic carbocycles. The summed E-state index contributed by atoms with van der Waals surface area (Å²) in [6.07, 6.45) is 17.3. The third-order valence-electron chi connectivity index (χ3n) is 5.34. The van der Waals surface area contributed by atoms with E-state index in [0.717, 1.165) is 57.8 Å². The van der Waals surface area contributed by atoms with Gasteiger partial charge in [0.1, 0.15) is 0 Å². The predicted molar refractivity (Wildman–Crippen MR) is 111 cm³/mol. The van der Waals surface area contributed by atoms with E-state index in [1.807, 2.05) is 6.92 Å². The van der Waals surface area contributed by atoms with Crippen LogP contribution >= 0.6 is 0 Å². The second-order valence-corrected chi connectivity index (χ2v) is 9.50. The predicted octanol–water partition coefficient (Wildman–Crippen LogP) is 6.28. The van der Waals surface area contributed by atoms with Crippen molar-refractivity contribution >= 4 is 10.1 Å². The molecule has 0 heterocycles. The van der Waals surface area contributed by atoms with Gasteiger partial charge in [-0.1, -0.05) is 97.3 Å². The lowest BCUT2D eigenvalue weighted by molar-refractivity contribution is 0.156. The maximum atomic E-state index is 11.6. The smallest absolute Gasteiger partial charge is 0.267 e. The first kappa shape index (κ1) is 25.9. The van der Waals surface area contributed by atoms with Crippen molar-refractivity contribution in [3.8, 4) is 0 Å². The Morgan fingerprint density at radius 2 is 1.04 bits per heavy atom. The topological polar surface area (TPSA) is 74.6 Å². The summed E-state index contributed by atoms with van der Waals surface area (Å²) in [6.45, 7) is 4.21. The summed E-state index contributed by atoms with van der Waals surface area (Å²) in [5.41, 5.74) is 0. The molecule has 0 bridgehead atoms. The molecule has 0 fully saturated rings. The second-order valence-electron chi connectivity index (χ2n) is 7.81. The van der Waals surface area contributed by atoms with Gasteiger partial charge in [0, 0.05) is 0 Å². The molecule has 0 aromatic rings. The first-order valence-corrected chi connectivity index (χ1v) is 12.6. The highest BCUT2D eigenvalue weighted by atomic mass is 32.2. The molecule has 2 N–H and O–H groups in total. The van der Waals surface area contributed by atoms with Gasteiger partial charge in [-0.25, -0.2) is 0 Å². The van der Waals surface area contributed by atoms with Crippen LogP contribution in [0.1, 0.15) is 123 Å². The fraction of sp³-hybridized carbons (Fsp3) is 1.00. The molecule has 2 atom stereocenters. The number of rotatable bonds is 19. The third-order valence-corrected chi connectivity index (χ3v) is 6.65. The van der Waals surface area contributed by atoms with Gasteiger partial charge in [0.05, 0.1) is 11.4 Å². The minimum Gasteiger partial charge on any atom is -0.393 e. The molecule has 2 unspecified atom stereocenters. The maximum absolute atomic E-state index is 11.6. The van der Waals surface area contributed by atoms with Gasteiger partial charge in [-0.3, -0.25) is 4.55 Å². The molecule has 4 nitrogen and oxygen atoms in total. The van der Waals surface area contributed by atoms with Gasteiger partial charge in [-0.2, -0.15) is 8.42 Å². The lowest BCUT2D eigenvalue weighted by Crippen LogP contribution is -2.20. The van der Waals surface area contributed by atoms with Crippen LogP contribution in [0.25, 0.3) is 0 Å². The lowest BCUT2D eigenvalue weighted by Gasteiger charge is -2.14. The Labute approximate surface area is 162 Å². The number of aliphatic hydroxyl groups excluding tert-OH is 1. The summed E-state index contributed by atoms with van der Waals surface area (Å²) in [7, 11) is -3.91. The molecule has 0 aliphatic rings. The van der Waals surface area contributed by atoms with E-state index in [0.29, 0.717) is 12.8 Å². The van der Waals surface area contributed by atoms with Crippen molar-refractivity contribution < 1.29 is 18.1 Å². The standard InChI is InChI=1S/C21H44O4S/c1-3-5-6-7-8-9-12-15-18-21(26(23,24)25)19-16-13-10-11-14-17-20(22)4-2/h20-22H,3-19H2,1-2H3,(H,23,24,25). The quantitative estimate of drug-likeness (QED) is 0.200. The molecule has 0 saturated carbocycles. The summed E-state index contributed by atoms with van der Waals surface area (Å²) in [6, 6.07) is 0. The molecular weight excluding hydrogens is 348 g/mol. The van der Waals surface area contributed by atoms with E-state index in [-0.39, 0.29) is 6.10 Å². The molecule has 0 aliphatic carbocycles. The SMILES string of the molecule is CCCCCCCCCCC(CCCCCCCC(O)CC)S(=O)(=O)O. The van der Waals surface area contributed by atoms with Gasteiger partial charge in [-0.05, 0) is 25.7 Å². The zero-order valence-electron chi connectivity index (χ0n) is 17.3. The zero-order chi connectivity index (χ0) is 19.7. The highest BCUT2D eigenvalue weighted by molar-refractivity contribution is 7.86. The Balaban J connectivity index is 3.74. The summed E-state index contributed by atoms with van der Waals surface area (Å²) >= 11 is 0.